The Morgan fingerprint density at radius 2 is 2.23 bits per heavy atom. The highest BCUT2D eigenvalue weighted by atomic mass is 16.5. The highest BCUT2D eigenvalue weighted by molar-refractivity contribution is 5.94. The molecule has 5 nitrogen and oxygen atoms in total. The Morgan fingerprint density at radius 3 is 2.95 bits per heavy atom. The second-order valence-corrected chi connectivity index (χ2v) is 5.09. The van der Waals surface area contributed by atoms with Gasteiger partial charge in [0.2, 0.25) is 0 Å². The normalized spacial score (nSPS) is 14.7. The summed E-state index contributed by atoms with van der Waals surface area (Å²) in [5.74, 6) is -0.595. The molecular weight excluding hydrogens is 282 g/mol. The molecule has 0 bridgehead atoms. The van der Waals surface area contributed by atoms with Crippen LogP contribution < -0.4 is 5.56 Å². The fraction of sp³-hybridized carbons (Fsp3) is 0.294. The Kier molecular flexibility index (Phi) is 4.06. The first-order chi connectivity index (χ1) is 10.7. The fourth-order valence-electron chi connectivity index (χ4n) is 2.55. The first kappa shape index (κ1) is 14.5. The monoisotopic (exact) mass is 299 g/mol. The van der Waals surface area contributed by atoms with E-state index in [2.05, 4.69) is 11.1 Å². The maximum Gasteiger partial charge on any atom is 0.343 e. The Hall–Kier alpha value is -2.40. The molecule has 0 spiro atoms. The van der Waals surface area contributed by atoms with Gasteiger partial charge in [-0.15, -0.1) is 0 Å². The van der Waals surface area contributed by atoms with Gasteiger partial charge in [0.05, 0.1) is 19.8 Å². The number of carbonyl (C=O) groups is 1. The van der Waals surface area contributed by atoms with Crippen LogP contribution in [0, 0.1) is 0 Å². The molecule has 0 saturated heterocycles. The summed E-state index contributed by atoms with van der Waals surface area (Å²) in [5, 5.41) is 0.805. The highest BCUT2D eigenvalue weighted by Gasteiger charge is 2.13. The maximum atomic E-state index is 12.0. The molecule has 1 aliphatic heterocycles. The highest BCUT2D eigenvalue weighted by Crippen LogP contribution is 2.24. The average Bonchev–Trinajstić information content (AvgIpc) is 2.54. The number of rotatable bonds is 3. The van der Waals surface area contributed by atoms with Gasteiger partial charge in [0.15, 0.2) is 0 Å². The molecule has 0 amide bonds. The summed E-state index contributed by atoms with van der Waals surface area (Å²) >= 11 is 0. The summed E-state index contributed by atoms with van der Waals surface area (Å²) in [4.78, 5) is 26.6. The maximum absolute atomic E-state index is 12.0. The minimum Gasteiger partial charge on any atom is -0.462 e. The molecule has 1 N–H and O–H groups in total. The third-order valence-corrected chi connectivity index (χ3v) is 3.68. The van der Waals surface area contributed by atoms with Crippen LogP contribution in [0.25, 0.3) is 16.5 Å². The minimum absolute atomic E-state index is 0.0346. The van der Waals surface area contributed by atoms with Crippen LogP contribution >= 0.6 is 0 Å². The molecule has 0 radical (unpaired) electrons. The van der Waals surface area contributed by atoms with E-state index >= 15 is 0 Å². The zero-order valence-electron chi connectivity index (χ0n) is 12.3. The molecule has 5 heteroatoms. The molecule has 2 heterocycles. The topological polar surface area (TPSA) is 68.4 Å². The second kappa shape index (κ2) is 6.15. The van der Waals surface area contributed by atoms with Crippen LogP contribution in [0.15, 0.2) is 35.1 Å². The van der Waals surface area contributed by atoms with Crippen molar-refractivity contribution in [1.29, 1.82) is 0 Å². The van der Waals surface area contributed by atoms with Crippen molar-refractivity contribution < 1.29 is 14.3 Å². The second-order valence-electron chi connectivity index (χ2n) is 5.09. The number of ether oxygens (including phenoxy) is 2. The summed E-state index contributed by atoms with van der Waals surface area (Å²) in [7, 11) is 0. The van der Waals surface area contributed by atoms with E-state index in [-0.39, 0.29) is 12.2 Å². The number of benzene rings is 1. The van der Waals surface area contributed by atoms with Crippen molar-refractivity contribution in [2.24, 2.45) is 0 Å². The fourth-order valence-corrected chi connectivity index (χ4v) is 2.55. The van der Waals surface area contributed by atoms with Gasteiger partial charge in [-0.1, -0.05) is 18.2 Å². The van der Waals surface area contributed by atoms with Gasteiger partial charge in [-0.25, -0.2) is 4.79 Å². The molecule has 1 aromatic carbocycles. The van der Waals surface area contributed by atoms with Crippen LogP contribution in [-0.4, -0.2) is 30.8 Å². The molecule has 0 fully saturated rings. The predicted octanol–water partition coefficient (Wildman–Crippen LogP) is 2.51. The molecule has 0 saturated carbocycles. The van der Waals surface area contributed by atoms with Gasteiger partial charge in [-0.3, -0.25) is 4.79 Å². The number of nitrogens with one attached hydrogen (secondary N) is 1. The Labute approximate surface area is 127 Å². The SMILES string of the molecule is CCOC(=O)c1cc2ccc(C3=CCOCC3)cc2[nH]c1=O. The van der Waals surface area contributed by atoms with E-state index in [4.69, 9.17) is 9.47 Å². The molecule has 114 valence electrons. The van der Waals surface area contributed by atoms with Crippen molar-refractivity contribution in [2.45, 2.75) is 13.3 Å². The number of hydrogen-bond donors (Lipinski definition) is 1. The number of H-pyrrole nitrogens is 1. The minimum atomic E-state index is -0.595. The van der Waals surface area contributed by atoms with E-state index in [1.165, 1.54) is 5.57 Å². The van der Waals surface area contributed by atoms with E-state index in [9.17, 15) is 9.59 Å². The molecule has 22 heavy (non-hydrogen) atoms. The van der Waals surface area contributed by atoms with Crippen molar-refractivity contribution in [2.75, 3.05) is 19.8 Å². The van der Waals surface area contributed by atoms with Gasteiger partial charge >= 0.3 is 5.97 Å². The largest absolute Gasteiger partial charge is 0.462 e. The van der Waals surface area contributed by atoms with Crippen LogP contribution in [0.3, 0.4) is 0 Å². The van der Waals surface area contributed by atoms with Crippen LogP contribution in [0.1, 0.15) is 29.3 Å². The molecule has 0 unspecified atom stereocenters. The number of aromatic amines is 1. The van der Waals surface area contributed by atoms with Crippen molar-refractivity contribution in [3.05, 3.63) is 51.8 Å². The van der Waals surface area contributed by atoms with E-state index < -0.39 is 11.5 Å². The van der Waals surface area contributed by atoms with Gasteiger partial charge in [0.1, 0.15) is 5.56 Å². The molecule has 1 aromatic heterocycles. The summed E-state index contributed by atoms with van der Waals surface area (Å²) in [5.41, 5.74) is 2.60. The molecule has 3 rings (SSSR count). The van der Waals surface area contributed by atoms with E-state index in [0.29, 0.717) is 18.7 Å². The third kappa shape index (κ3) is 2.80. The molecule has 1 aliphatic rings. The van der Waals surface area contributed by atoms with Crippen molar-refractivity contribution in [3.8, 4) is 0 Å². The lowest BCUT2D eigenvalue weighted by atomic mass is 9.99. The summed E-state index contributed by atoms with van der Waals surface area (Å²) in [6, 6.07) is 7.41. The standard InChI is InChI=1S/C17H17NO4/c1-2-22-17(20)14-9-13-4-3-12(10-15(13)18-16(14)19)11-5-7-21-8-6-11/h3-5,9-10H,2,6-8H2,1H3,(H,18,19). The van der Waals surface area contributed by atoms with Gasteiger partial charge in [0.25, 0.3) is 5.56 Å². The lowest BCUT2D eigenvalue weighted by Gasteiger charge is -2.14. The first-order valence-electron chi connectivity index (χ1n) is 7.30. The van der Waals surface area contributed by atoms with E-state index in [1.54, 1.807) is 13.0 Å². The quantitative estimate of drug-likeness (QED) is 0.884. The summed E-state index contributed by atoms with van der Waals surface area (Å²) in [6.45, 7) is 3.28. The molecular formula is C17H17NO4. The Bertz CT molecular complexity index is 804. The summed E-state index contributed by atoms with van der Waals surface area (Å²) < 4.78 is 10.2. The van der Waals surface area contributed by atoms with Crippen molar-refractivity contribution in [3.63, 3.8) is 0 Å². The third-order valence-electron chi connectivity index (χ3n) is 3.68. The predicted molar refractivity (Wildman–Crippen MR) is 83.9 cm³/mol. The van der Waals surface area contributed by atoms with E-state index in [1.807, 2.05) is 18.2 Å². The van der Waals surface area contributed by atoms with Gasteiger partial charge in [-0.05, 0) is 42.0 Å². The molecule has 0 atom stereocenters. The first-order valence-corrected chi connectivity index (χ1v) is 7.30. The van der Waals surface area contributed by atoms with Crippen LogP contribution in [0.4, 0.5) is 0 Å². The number of carbonyl (C=O) groups excluding carboxylic acids is 1. The van der Waals surface area contributed by atoms with E-state index in [0.717, 1.165) is 17.4 Å². The van der Waals surface area contributed by atoms with Gasteiger partial charge in [-0.2, -0.15) is 0 Å². The molecule has 2 aromatic rings. The summed E-state index contributed by atoms with van der Waals surface area (Å²) in [6.07, 6.45) is 2.91. The number of esters is 1. The lowest BCUT2D eigenvalue weighted by Crippen LogP contribution is -2.19. The number of pyridine rings is 1. The van der Waals surface area contributed by atoms with Gasteiger partial charge in [0, 0.05) is 5.52 Å². The van der Waals surface area contributed by atoms with Crippen LogP contribution in [0.5, 0.6) is 0 Å². The zero-order chi connectivity index (χ0) is 15.5. The number of aromatic nitrogens is 1. The van der Waals surface area contributed by atoms with Crippen molar-refractivity contribution in [1.82, 2.24) is 4.98 Å². The van der Waals surface area contributed by atoms with Gasteiger partial charge < -0.3 is 14.5 Å². The smallest absolute Gasteiger partial charge is 0.343 e. The average molecular weight is 299 g/mol. The number of hydrogen-bond acceptors (Lipinski definition) is 4. The Balaban J connectivity index is 2.03. The zero-order valence-corrected chi connectivity index (χ0v) is 12.3. The van der Waals surface area contributed by atoms with Crippen LogP contribution in [-0.2, 0) is 9.47 Å². The number of fused-ring (bicyclic) bond motifs is 1. The lowest BCUT2D eigenvalue weighted by molar-refractivity contribution is 0.0524. The van der Waals surface area contributed by atoms with Crippen LogP contribution in [0.2, 0.25) is 0 Å². The Morgan fingerprint density at radius 1 is 1.36 bits per heavy atom. The molecule has 0 aliphatic carbocycles. The van der Waals surface area contributed by atoms with Crippen molar-refractivity contribution >= 4 is 22.4 Å².